The zero-order valence-electron chi connectivity index (χ0n) is 11.3. The Hall–Kier alpha value is -2.15. The van der Waals surface area contributed by atoms with E-state index in [0.29, 0.717) is 12.1 Å². The van der Waals surface area contributed by atoms with Gasteiger partial charge in [-0.15, -0.1) is 0 Å². The Morgan fingerprint density at radius 2 is 2.16 bits per heavy atom. The van der Waals surface area contributed by atoms with Crippen LogP contribution in [-0.2, 0) is 25.4 Å². The summed E-state index contributed by atoms with van der Waals surface area (Å²) >= 11 is 0. The Morgan fingerprint density at radius 1 is 1.42 bits per heavy atom. The van der Waals surface area contributed by atoms with Crippen LogP contribution in [0.5, 0.6) is 0 Å². The smallest absolute Gasteiger partial charge is 0.241 e. The maximum atomic E-state index is 11.9. The highest BCUT2D eigenvalue weighted by molar-refractivity contribution is 5.82. The summed E-state index contributed by atoms with van der Waals surface area (Å²) in [5.41, 5.74) is 8.57. The number of carbonyl (C=O) groups is 1. The van der Waals surface area contributed by atoms with E-state index in [-0.39, 0.29) is 5.91 Å². The van der Waals surface area contributed by atoms with Crippen molar-refractivity contribution in [1.29, 1.82) is 0 Å². The molecule has 0 aromatic carbocycles. The van der Waals surface area contributed by atoms with E-state index in [1.165, 1.54) is 0 Å². The summed E-state index contributed by atoms with van der Waals surface area (Å²) in [5.74, 6) is -0.226. The first-order valence-electron chi connectivity index (χ1n) is 5.98. The standard InChI is InChI=1S/C12H18N6O/c1-8-9(5-16-18(8)3)4-14-12(19)11(13)10-6-15-17(2)7-10/h5-7,11H,4,13H2,1-3H3,(H,14,19). The molecular formula is C12H18N6O. The molecule has 19 heavy (non-hydrogen) atoms. The Kier molecular flexibility index (Phi) is 3.66. The third kappa shape index (κ3) is 2.82. The molecule has 0 saturated carbocycles. The Balaban J connectivity index is 1.96. The summed E-state index contributed by atoms with van der Waals surface area (Å²) in [4.78, 5) is 11.9. The van der Waals surface area contributed by atoms with Gasteiger partial charge in [0.15, 0.2) is 0 Å². The van der Waals surface area contributed by atoms with E-state index < -0.39 is 6.04 Å². The fourth-order valence-corrected chi connectivity index (χ4v) is 1.76. The van der Waals surface area contributed by atoms with Gasteiger partial charge in [-0.1, -0.05) is 0 Å². The van der Waals surface area contributed by atoms with Gasteiger partial charge in [0.1, 0.15) is 6.04 Å². The lowest BCUT2D eigenvalue weighted by molar-refractivity contribution is -0.122. The van der Waals surface area contributed by atoms with Gasteiger partial charge < -0.3 is 11.1 Å². The Labute approximate surface area is 111 Å². The number of aryl methyl sites for hydroxylation is 2. The zero-order chi connectivity index (χ0) is 14.0. The molecule has 0 fully saturated rings. The van der Waals surface area contributed by atoms with Crippen LogP contribution in [0.3, 0.4) is 0 Å². The van der Waals surface area contributed by atoms with Crippen LogP contribution in [0.1, 0.15) is 22.9 Å². The number of rotatable bonds is 4. The van der Waals surface area contributed by atoms with Gasteiger partial charge >= 0.3 is 0 Å². The summed E-state index contributed by atoms with van der Waals surface area (Å²) in [7, 11) is 3.65. The fourth-order valence-electron chi connectivity index (χ4n) is 1.76. The van der Waals surface area contributed by atoms with Crippen molar-refractivity contribution in [2.75, 3.05) is 0 Å². The van der Waals surface area contributed by atoms with Crippen LogP contribution in [0.2, 0.25) is 0 Å². The molecule has 1 amide bonds. The van der Waals surface area contributed by atoms with Crippen molar-refractivity contribution < 1.29 is 4.79 Å². The van der Waals surface area contributed by atoms with Gasteiger partial charge in [0.05, 0.1) is 12.4 Å². The molecule has 1 unspecified atom stereocenters. The number of hydrogen-bond donors (Lipinski definition) is 2. The number of nitrogens with one attached hydrogen (secondary N) is 1. The maximum absolute atomic E-state index is 11.9. The number of amides is 1. The summed E-state index contributed by atoms with van der Waals surface area (Å²) in [5, 5.41) is 10.9. The van der Waals surface area contributed by atoms with E-state index in [9.17, 15) is 4.79 Å². The molecule has 3 N–H and O–H groups in total. The topological polar surface area (TPSA) is 90.8 Å². The second-order valence-electron chi connectivity index (χ2n) is 4.52. The minimum absolute atomic E-state index is 0.226. The Morgan fingerprint density at radius 3 is 2.68 bits per heavy atom. The first kappa shape index (κ1) is 13.3. The number of nitrogens with zero attached hydrogens (tertiary/aromatic N) is 4. The summed E-state index contributed by atoms with van der Waals surface area (Å²) in [6, 6.07) is -0.703. The molecule has 0 aliphatic rings. The molecule has 1 atom stereocenters. The van der Waals surface area contributed by atoms with Crippen molar-refractivity contribution >= 4 is 5.91 Å². The van der Waals surface area contributed by atoms with Crippen molar-refractivity contribution in [3.63, 3.8) is 0 Å². The van der Waals surface area contributed by atoms with Crippen LogP contribution in [0.25, 0.3) is 0 Å². The van der Waals surface area contributed by atoms with Crippen LogP contribution in [-0.4, -0.2) is 25.5 Å². The zero-order valence-corrected chi connectivity index (χ0v) is 11.3. The average Bonchev–Trinajstić information content (AvgIpc) is 2.95. The molecule has 2 rings (SSSR count). The SMILES string of the molecule is Cc1c(CNC(=O)C(N)c2cnn(C)c2)cnn1C. The normalized spacial score (nSPS) is 12.4. The molecule has 2 aromatic heterocycles. The second-order valence-corrected chi connectivity index (χ2v) is 4.52. The molecule has 7 nitrogen and oxygen atoms in total. The first-order valence-corrected chi connectivity index (χ1v) is 5.98. The van der Waals surface area contributed by atoms with E-state index in [1.54, 1.807) is 35.0 Å². The van der Waals surface area contributed by atoms with Gasteiger partial charge in [-0.25, -0.2) is 0 Å². The predicted molar refractivity (Wildman–Crippen MR) is 69.9 cm³/mol. The largest absolute Gasteiger partial charge is 0.350 e. The Bertz CT molecular complexity index is 585. The third-order valence-corrected chi connectivity index (χ3v) is 3.16. The monoisotopic (exact) mass is 262 g/mol. The van der Waals surface area contributed by atoms with Crippen molar-refractivity contribution in [3.05, 3.63) is 35.4 Å². The maximum Gasteiger partial charge on any atom is 0.241 e. The van der Waals surface area contributed by atoms with Crippen LogP contribution >= 0.6 is 0 Å². The number of nitrogens with two attached hydrogens (primary N) is 1. The minimum atomic E-state index is -0.703. The molecule has 102 valence electrons. The van der Waals surface area contributed by atoms with Crippen molar-refractivity contribution in [2.45, 2.75) is 19.5 Å². The number of aromatic nitrogens is 4. The van der Waals surface area contributed by atoms with E-state index in [4.69, 9.17) is 5.73 Å². The number of carbonyl (C=O) groups excluding carboxylic acids is 1. The first-order chi connectivity index (χ1) is 8.99. The van der Waals surface area contributed by atoms with Crippen LogP contribution in [0, 0.1) is 6.92 Å². The molecule has 0 spiro atoms. The van der Waals surface area contributed by atoms with Crippen LogP contribution in [0.15, 0.2) is 18.6 Å². The average molecular weight is 262 g/mol. The van der Waals surface area contributed by atoms with E-state index in [1.807, 2.05) is 14.0 Å². The molecule has 0 saturated heterocycles. The highest BCUT2D eigenvalue weighted by Crippen LogP contribution is 2.10. The second kappa shape index (κ2) is 5.23. The molecule has 0 aliphatic heterocycles. The molecule has 7 heteroatoms. The van der Waals surface area contributed by atoms with E-state index >= 15 is 0 Å². The summed E-state index contributed by atoms with van der Waals surface area (Å²) in [6.07, 6.45) is 5.07. The highest BCUT2D eigenvalue weighted by atomic mass is 16.2. The summed E-state index contributed by atoms with van der Waals surface area (Å²) in [6.45, 7) is 2.38. The number of hydrogen-bond acceptors (Lipinski definition) is 4. The molecular weight excluding hydrogens is 244 g/mol. The lowest BCUT2D eigenvalue weighted by Gasteiger charge is -2.10. The van der Waals surface area contributed by atoms with Gasteiger partial charge in [0.2, 0.25) is 5.91 Å². The highest BCUT2D eigenvalue weighted by Gasteiger charge is 2.17. The molecule has 2 aromatic rings. The van der Waals surface area contributed by atoms with Gasteiger partial charge in [-0.05, 0) is 6.92 Å². The third-order valence-electron chi connectivity index (χ3n) is 3.16. The van der Waals surface area contributed by atoms with E-state index in [2.05, 4.69) is 15.5 Å². The molecule has 0 bridgehead atoms. The van der Waals surface area contributed by atoms with Gasteiger partial charge in [-0.2, -0.15) is 10.2 Å². The van der Waals surface area contributed by atoms with Crippen LogP contribution in [0.4, 0.5) is 0 Å². The molecule has 0 aliphatic carbocycles. The minimum Gasteiger partial charge on any atom is -0.350 e. The lowest BCUT2D eigenvalue weighted by Crippen LogP contribution is -2.33. The summed E-state index contributed by atoms with van der Waals surface area (Å²) < 4.78 is 3.39. The van der Waals surface area contributed by atoms with Gasteiger partial charge in [0, 0.05) is 43.7 Å². The predicted octanol–water partition coefficient (Wildman–Crippen LogP) is -0.222. The van der Waals surface area contributed by atoms with Crippen LogP contribution < -0.4 is 11.1 Å². The van der Waals surface area contributed by atoms with Gasteiger partial charge in [0.25, 0.3) is 0 Å². The molecule has 0 radical (unpaired) electrons. The van der Waals surface area contributed by atoms with Gasteiger partial charge in [-0.3, -0.25) is 14.2 Å². The van der Waals surface area contributed by atoms with Crippen molar-refractivity contribution in [2.24, 2.45) is 19.8 Å². The van der Waals surface area contributed by atoms with E-state index in [0.717, 1.165) is 11.3 Å². The lowest BCUT2D eigenvalue weighted by atomic mass is 10.1. The quantitative estimate of drug-likeness (QED) is 0.797. The fraction of sp³-hybridized carbons (Fsp3) is 0.417. The van der Waals surface area contributed by atoms with Crippen molar-refractivity contribution in [1.82, 2.24) is 24.9 Å². The van der Waals surface area contributed by atoms with Crippen molar-refractivity contribution in [3.8, 4) is 0 Å². The molecule has 2 heterocycles.